The molecule has 3 rings (SSSR count). The number of carbonyl (C=O) groups is 1. The number of pyridine rings is 1. The fourth-order valence-electron chi connectivity index (χ4n) is 4.15. The molecule has 1 saturated carbocycles. The predicted octanol–water partition coefficient (Wildman–Crippen LogP) is 3.24. The van der Waals surface area contributed by atoms with Crippen molar-refractivity contribution in [1.29, 1.82) is 0 Å². The van der Waals surface area contributed by atoms with Crippen LogP contribution >= 0.6 is 0 Å². The molecule has 138 valence electrons. The summed E-state index contributed by atoms with van der Waals surface area (Å²) < 4.78 is 0. The fourth-order valence-corrected chi connectivity index (χ4v) is 4.15. The van der Waals surface area contributed by atoms with E-state index in [9.17, 15) is 4.79 Å². The standard InChI is InChI=1S/C20H32N4O/c1-23(2)20(25)17-10-11-19(21-13-17)22-18-9-6-12-24(15-18)14-16-7-4-3-5-8-16/h10-11,13,16,18H,3-9,12,14-15H2,1-2H3,(H,21,22)/t18-/m1/s1. The molecule has 5 nitrogen and oxygen atoms in total. The minimum absolute atomic E-state index is 0.00428. The van der Waals surface area contributed by atoms with Crippen LogP contribution in [0.2, 0.25) is 0 Å². The highest BCUT2D eigenvalue weighted by Gasteiger charge is 2.23. The van der Waals surface area contributed by atoms with Crippen molar-refractivity contribution in [3.63, 3.8) is 0 Å². The van der Waals surface area contributed by atoms with E-state index in [1.54, 1.807) is 25.2 Å². The second kappa shape index (κ2) is 8.65. The van der Waals surface area contributed by atoms with Gasteiger partial charge in [-0.1, -0.05) is 19.3 Å². The molecule has 0 unspecified atom stereocenters. The summed E-state index contributed by atoms with van der Waals surface area (Å²) >= 11 is 0. The molecule has 2 aliphatic rings. The third-order valence-electron chi connectivity index (χ3n) is 5.52. The van der Waals surface area contributed by atoms with Crippen molar-refractivity contribution in [1.82, 2.24) is 14.8 Å². The van der Waals surface area contributed by atoms with Gasteiger partial charge in [-0.3, -0.25) is 4.79 Å². The maximum absolute atomic E-state index is 11.9. The Hall–Kier alpha value is -1.62. The fraction of sp³-hybridized carbons (Fsp3) is 0.700. The van der Waals surface area contributed by atoms with Crippen LogP contribution in [0.15, 0.2) is 18.3 Å². The van der Waals surface area contributed by atoms with E-state index in [0.29, 0.717) is 11.6 Å². The Morgan fingerprint density at radius 1 is 1.20 bits per heavy atom. The van der Waals surface area contributed by atoms with Gasteiger partial charge in [-0.05, 0) is 50.3 Å². The zero-order valence-electron chi connectivity index (χ0n) is 15.7. The Labute approximate surface area is 151 Å². The van der Waals surface area contributed by atoms with Gasteiger partial charge >= 0.3 is 0 Å². The zero-order valence-corrected chi connectivity index (χ0v) is 15.7. The maximum atomic E-state index is 11.9. The van der Waals surface area contributed by atoms with Gasteiger partial charge in [0, 0.05) is 39.4 Å². The first-order chi connectivity index (χ1) is 12.1. The number of nitrogens with zero attached hydrogens (tertiary/aromatic N) is 3. The number of rotatable bonds is 5. The van der Waals surface area contributed by atoms with E-state index in [1.807, 2.05) is 12.1 Å². The van der Waals surface area contributed by atoms with Crippen LogP contribution in [0.3, 0.4) is 0 Å². The second-order valence-corrected chi connectivity index (χ2v) is 7.88. The average molecular weight is 345 g/mol. The Balaban J connectivity index is 1.51. The number of hydrogen-bond acceptors (Lipinski definition) is 4. The number of piperidine rings is 1. The lowest BCUT2D eigenvalue weighted by Gasteiger charge is -2.36. The lowest BCUT2D eigenvalue weighted by atomic mass is 9.88. The van der Waals surface area contributed by atoms with E-state index >= 15 is 0 Å². The lowest BCUT2D eigenvalue weighted by molar-refractivity contribution is 0.0827. The minimum Gasteiger partial charge on any atom is -0.366 e. The first-order valence-corrected chi connectivity index (χ1v) is 9.78. The van der Waals surface area contributed by atoms with Gasteiger partial charge in [0.25, 0.3) is 5.91 Å². The number of likely N-dealkylation sites (tertiary alicyclic amines) is 1. The van der Waals surface area contributed by atoms with Gasteiger partial charge in [0.15, 0.2) is 0 Å². The number of hydrogen-bond donors (Lipinski definition) is 1. The second-order valence-electron chi connectivity index (χ2n) is 7.88. The molecule has 5 heteroatoms. The SMILES string of the molecule is CN(C)C(=O)c1ccc(N[C@@H]2CCCN(CC3CCCCC3)C2)nc1. The first-order valence-electron chi connectivity index (χ1n) is 9.78. The third kappa shape index (κ3) is 5.18. The molecule has 0 aromatic carbocycles. The van der Waals surface area contributed by atoms with E-state index in [0.717, 1.165) is 18.3 Å². The van der Waals surface area contributed by atoms with Gasteiger partial charge in [0.2, 0.25) is 0 Å². The van der Waals surface area contributed by atoms with Crippen molar-refractivity contribution in [2.45, 2.75) is 51.0 Å². The van der Waals surface area contributed by atoms with Crippen LogP contribution < -0.4 is 5.32 Å². The van der Waals surface area contributed by atoms with E-state index in [4.69, 9.17) is 0 Å². The minimum atomic E-state index is -0.00428. The molecule has 2 fully saturated rings. The van der Waals surface area contributed by atoms with Crippen LogP contribution in [0, 0.1) is 5.92 Å². The molecule has 0 spiro atoms. The molecule has 1 aromatic heterocycles. The zero-order chi connectivity index (χ0) is 17.6. The topological polar surface area (TPSA) is 48.5 Å². The molecule has 0 bridgehead atoms. The molecule has 1 amide bonds. The van der Waals surface area contributed by atoms with Gasteiger partial charge in [-0.25, -0.2) is 4.98 Å². The summed E-state index contributed by atoms with van der Waals surface area (Å²) in [6, 6.07) is 4.25. The van der Waals surface area contributed by atoms with Crippen LogP contribution in [0.5, 0.6) is 0 Å². The van der Waals surface area contributed by atoms with Crippen molar-refractivity contribution in [3.8, 4) is 0 Å². The van der Waals surface area contributed by atoms with Gasteiger partial charge in [0.1, 0.15) is 5.82 Å². The molecule has 1 aliphatic heterocycles. The monoisotopic (exact) mass is 344 g/mol. The molecule has 0 radical (unpaired) electrons. The van der Waals surface area contributed by atoms with E-state index in [-0.39, 0.29) is 5.91 Å². The number of anilines is 1. The van der Waals surface area contributed by atoms with Gasteiger partial charge in [0.05, 0.1) is 5.56 Å². The summed E-state index contributed by atoms with van der Waals surface area (Å²) in [5.41, 5.74) is 0.637. The van der Waals surface area contributed by atoms with Crippen LogP contribution in [0.4, 0.5) is 5.82 Å². The summed E-state index contributed by atoms with van der Waals surface area (Å²) in [4.78, 5) is 20.6. The summed E-state index contributed by atoms with van der Waals surface area (Å²) in [5.74, 6) is 1.78. The molecule has 1 aliphatic carbocycles. The van der Waals surface area contributed by atoms with E-state index in [2.05, 4.69) is 15.2 Å². The molecular formula is C20H32N4O. The van der Waals surface area contributed by atoms with Gasteiger partial charge < -0.3 is 15.1 Å². The Bertz CT molecular complexity index is 551. The Morgan fingerprint density at radius 3 is 2.68 bits per heavy atom. The van der Waals surface area contributed by atoms with Crippen LogP contribution in [0.25, 0.3) is 0 Å². The molecule has 1 saturated heterocycles. The average Bonchev–Trinajstić information content (AvgIpc) is 2.63. The largest absolute Gasteiger partial charge is 0.366 e. The quantitative estimate of drug-likeness (QED) is 0.891. The predicted molar refractivity (Wildman–Crippen MR) is 102 cm³/mol. The molecule has 1 aromatic rings. The number of carbonyl (C=O) groups excluding carboxylic acids is 1. The van der Waals surface area contributed by atoms with Crippen molar-refractivity contribution in [2.24, 2.45) is 5.92 Å². The highest BCUT2D eigenvalue weighted by molar-refractivity contribution is 5.93. The first kappa shape index (κ1) is 18.2. The van der Waals surface area contributed by atoms with Crippen LogP contribution in [-0.4, -0.2) is 60.5 Å². The van der Waals surface area contributed by atoms with Crippen molar-refractivity contribution < 1.29 is 4.79 Å². The third-order valence-corrected chi connectivity index (χ3v) is 5.52. The van der Waals surface area contributed by atoms with Crippen LogP contribution in [0.1, 0.15) is 55.3 Å². The highest BCUT2D eigenvalue weighted by atomic mass is 16.2. The summed E-state index contributed by atoms with van der Waals surface area (Å²) in [6.07, 6.45) is 11.2. The van der Waals surface area contributed by atoms with Gasteiger partial charge in [-0.15, -0.1) is 0 Å². The Kier molecular flexibility index (Phi) is 6.29. The highest BCUT2D eigenvalue weighted by Crippen LogP contribution is 2.26. The van der Waals surface area contributed by atoms with E-state index in [1.165, 1.54) is 58.0 Å². The van der Waals surface area contributed by atoms with Gasteiger partial charge in [-0.2, -0.15) is 0 Å². The maximum Gasteiger partial charge on any atom is 0.254 e. The molecule has 1 N–H and O–H groups in total. The normalized spacial score (nSPS) is 22.6. The molecule has 2 heterocycles. The lowest BCUT2D eigenvalue weighted by Crippen LogP contribution is -2.44. The number of amides is 1. The summed E-state index contributed by atoms with van der Waals surface area (Å²) in [5, 5.41) is 3.57. The number of aromatic nitrogens is 1. The van der Waals surface area contributed by atoms with Crippen molar-refractivity contribution in [2.75, 3.05) is 39.0 Å². The molecule has 1 atom stereocenters. The Morgan fingerprint density at radius 2 is 2.00 bits per heavy atom. The summed E-state index contributed by atoms with van der Waals surface area (Å²) in [6.45, 7) is 3.61. The summed E-state index contributed by atoms with van der Waals surface area (Å²) in [7, 11) is 3.52. The van der Waals surface area contributed by atoms with E-state index < -0.39 is 0 Å². The smallest absolute Gasteiger partial charge is 0.254 e. The van der Waals surface area contributed by atoms with Crippen molar-refractivity contribution >= 4 is 11.7 Å². The molecule has 25 heavy (non-hydrogen) atoms. The van der Waals surface area contributed by atoms with Crippen LogP contribution in [-0.2, 0) is 0 Å². The molecular weight excluding hydrogens is 312 g/mol. The number of nitrogens with one attached hydrogen (secondary N) is 1. The van der Waals surface area contributed by atoms with Crippen molar-refractivity contribution in [3.05, 3.63) is 23.9 Å².